The van der Waals surface area contributed by atoms with Crippen LogP contribution in [0.3, 0.4) is 0 Å². The number of aryl methyl sites for hydroxylation is 1. The molecule has 2 aromatic carbocycles. The summed E-state index contributed by atoms with van der Waals surface area (Å²) in [7, 11) is -7.55. The van der Waals surface area contributed by atoms with Gasteiger partial charge in [-0.3, -0.25) is 9.59 Å². The van der Waals surface area contributed by atoms with Crippen LogP contribution in [0.4, 0.5) is 33.3 Å². The number of hydrogen-bond acceptors (Lipinski definition) is 9. The molecule has 0 radical (unpaired) electrons. The summed E-state index contributed by atoms with van der Waals surface area (Å²) in [5, 5.41) is 34.7. The number of aliphatic hydroxyl groups excluding tert-OH is 2. The first-order valence-corrected chi connectivity index (χ1v) is 20.8. The van der Waals surface area contributed by atoms with Crippen molar-refractivity contribution < 1.29 is 58.6 Å². The Morgan fingerprint density at radius 3 is 2.00 bits per heavy atom. The number of halogens is 5. The van der Waals surface area contributed by atoms with Gasteiger partial charge in [-0.1, -0.05) is 18.2 Å². The van der Waals surface area contributed by atoms with Crippen LogP contribution >= 0.6 is 0 Å². The Hall–Kier alpha value is -5.70. The fraction of sp³-hybridized carbons (Fsp3) is 0.289. The number of aromatic nitrogens is 2. The van der Waals surface area contributed by atoms with Gasteiger partial charge in [-0.2, -0.15) is 27.9 Å². The lowest BCUT2D eigenvalue weighted by molar-refractivity contribution is -0.139. The quantitative estimate of drug-likeness (QED) is 0.100. The molecule has 0 unspecified atom stereocenters. The average Bonchev–Trinajstić information content (AvgIpc) is 3.68. The molecule has 4 aromatic rings. The van der Waals surface area contributed by atoms with E-state index in [1.807, 2.05) is 0 Å². The predicted molar refractivity (Wildman–Crippen MR) is 205 cm³/mol. The zero-order chi connectivity index (χ0) is 44.0. The zero-order valence-corrected chi connectivity index (χ0v) is 33.0. The van der Waals surface area contributed by atoms with Crippen LogP contribution in [-0.4, -0.2) is 72.3 Å². The number of nitrogens with zero attached hydrogens (tertiary/aromatic N) is 3. The number of carbonyl (C=O) groups is 2. The molecular weight excluding hydrogens is 842 g/mol. The number of sulfonamides is 2. The van der Waals surface area contributed by atoms with Crippen LogP contribution in [0.25, 0.3) is 0 Å². The molecule has 0 saturated heterocycles. The van der Waals surface area contributed by atoms with Crippen molar-refractivity contribution in [3.63, 3.8) is 0 Å². The standard InChI is InChI=1S/C38H36F5N7O8S2/c1-3-36(20-51)12-9-26-31(60(57,58)47-36)19-50(33(26)35(54)46-24-6-8-29(40)27(16-24)38(41,42)43)14-4-11-37(21-52)13-10-25-30(59(55,56)48-37)18-49(2)32(25)34(53)45-23-5-7-28(39)22(15-23)17-44/h3-8,11,15-16,18-19,47-48,51-52H,1,9-10,12-14,20-21H2,2H3,(H,45,53)(H,46,54)/b11-4+/t36-,37+/m1/s1. The molecule has 22 heteroatoms. The molecule has 6 N–H and O–H groups in total. The Morgan fingerprint density at radius 1 is 0.883 bits per heavy atom. The summed E-state index contributed by atoms with van der Waals surface area (Å²) in [6.07, 6.45) is 0.426. The summed E-state index contributed by atoms with van der Waals surface area (Å²) < 4.78 is 131. The van der Waals surface area contributed by atoms with Crippen LogP contribution in [0.1, 0.15) is 56.1 Å². The summed E-state index contributed by atoms with van der Waals surface area (Å²) in [6, 6.07) is 6.72. The van der Waals surface area contributed by atoms with Crippen molar-refractivity contribution in [2.75, 3.05) is 23.8 Å². The molecule has 0 bridgehead atoms. The van der Waals surface area contributed by atoms with E-state index in [2.05, 4.69) is 26.7 Å². The number of aliphatic hydroxyl groups is 2. The van der Waals surface area contributed by atoms with Crippen LogP contribution in [-0.2, 0) is 52.7 Å². The third-order valence-electron chi connectivity index (χ3n) is 10.3. The molecule has 60 heavy (non-hydrogen) atoms. The maximum Gasteiger partial charge on any atom is 0.419 e. The van der Waals surface area contributed by atoms with Crippen LogP contribution in [0.2, 0.25) is 0 Å². The van der Waals surface area contributed by atoms with Crippen LogP contribution in [0.5, 0.6) is 0 Å². The highest BCUT2D eigenvalue weighted by Crippen LogP contribution is 2.36. The lowest BCUT2D eigenvalue weighted by atomic mass is 9.92. The minimum absolute atomic E-state index is 0.0613. The monoisotopic (exact) mass is 877 g/mol. The number of allylic oxidation sites excluding steroid dienone is 1. The Balaban J connectivity index is 1.34. The second-order valence-electron chi connectivity index (χ2n) is 14.3. The van der Waals surface area contributed by atoms with Crippen LogP contribution < -0.4 is 20.1 Å². The van der Waals surface area contributed by atoms with Crippen LogP contribution in [0.15, 0.2) is 83.4 Å². The number of nitrogens with one attached hydrogen (secondary N) is 4. The number of rotatable bonds is 10. The van der Waals surface area contributed by atoms with Crippen molar-refractivity contribution in [3.05, 3.63) is 119 Å². The number of nitriles is 1. The highest BCUT2D eigenvalue weighted by atomic mass is 32.2. The normalized spacial score (nSPS) is 20.9. The van der Waals surface area contributed by atoms with Gasteiger partial charge in [0.25, 0.3) is 11.8 Å². The second kappa shape index (κ2) is 16.1. The molecule has 0 saturated carbocycles. The van der Waals surface area contributed by atoms with Gasteiger partial charge in [-0.15, -0.1) is 6.58 Å². The molecule has 2 atom stereocenters. The fourth-order valence-electron chi connectivity index (χ4n) is 7.20. The Bertz CT molecular complexity index is 2720. The zero-order valence-electron chi connectivity index (χ0n) is 31.4. The van der Waals surface area contributed by atoms with E-state index in [-0.39, 0.29) is 70.9 Å². The Labute approximate surface area is 339 Å². The first-order chi connectivity index (χ1) is 28.1. The third kappa shape index (κ3) is 8.36. The number of fused-ring (bicyclic) bond motifs is 2. The van der Waals surface area contributed by atoms with E-state index in [1.165, 1.54) is 42.1 Å². The number of anilines is 2. The van der Waals surface area contributed by atoms with E-state index in [0.29, 0.717) is 12.1 Å². The maximum absolute atomic E-state index is 14.1. The molecule has 2 aliphatic heterocycles. The molecule has 0 spiro atoms. The van der Waals surface area contributed by atoms with Gasteiger partial charge in [0.15, 0.2) is 0 Å². The van der Waals surface area contributed by atoms with E-state index in [0.717, 1.165) is 29.0 Å². The van der Waals surface area contributed by atoms with Crippen LogP contribution in [0, 0.1) is 23.0 Å². The predicted octanol–water partition coefficient (Wildman–Crippen LogP) is 3.85. The molecule has 6 rings (SSSR count). The number of hydrogen-bond donors (Lipinski definition) is 6. The van der Waals surface area contributed by atoms with E-state index in [9.17, 15) is 63.9 Å². The first-order valence-electron chi connectivity index (χ1n) is 17.8. The van der Waals surface area contributed by atoms with Gasteiger partial charge < -0.3 is 30.0 Å². The van der Waals surface area contributed by atoms with Crippen molar-refractivity contribution in [1.29, 1.82) is 5.26 Å². The van der Waals surface area contributed by atoms with Gasteiger partial charge in [0, 0.05) is 48.5 Å². The first kappa shape index (κ1) is 43.9. The Morgan fingerprint density at radius 2 is 1.42 bits per heavy atom. The van der Waals surface area contributed by atoms with E-state index < -0.39 is 90.1 Å². The van der Waals surface area contributed by atoms with Crippen molar-refractivity contribution in [2.45, 2.75) is 59.3 Å². The van der Waals surface area contributed by atoms with E-state index in [4.69, 9.17) is 0 Å². The molecule has 2 aromatic heterocycles. The van der Waals surface area contributed by atoms with Gasteiger partial charge >= 0.3 is 6.18 Å². The minimum Gasteiger partial charge on any atom is -0.394 e. The lowest BCUT2D eigenvalue weighted by Crippen LogP contribution is -2.49. The largest absolute Gasteiger partial charge is 0.419 e. The van der Waals surface area contributed by atoms with Gasteiger partial charge in [-0.05, 0) is 62.1 Å². The number of alkyl halides is 3. The molecule has 4 heterocycles. The number of benzene rings is 2. The summed E-state index contributed by atoms with van der Waals surface area (Å²) in [4.78, 5) is 26.7. The van der Waals surface area contributed by atoms with Crippen molar-refractivity contribution in [3.8, 4) is 6.07 Å². The fourth-order valence-corrected chi connectivity index (χ4v) is 10.6. The number of amides is 2. The molecule has 2 amide bonds. The third-order valence-corrected chi connectivity index (χ3v) is 13.5. The SMILES string of the molecule is C=C[C@]1(CO)CCc2c(cn(C/C=C/[C@@]3(CO)CCc4c(cn(C)c4C(=O)Nc4ccc(F)c(C#N)c4)S(=O)(=O)N3)c2C(=O)Nc2ccc(F)c(C(F)(F)F)c2)S(=O)(=O)N1. The average molecular weight is 878 g/mol. The lowest BCUT2D eigenvalue weighted by Gasteiger charge is -2.28. The Kier molecular flexibility index (Phi) is 11.7. The second-order valence-corrected chi connectivity index (χ2v) is 17.6. The highest BCUT2D eigenvalue weighted by Gasteiger charge is 2.42. The van der Waals surface area contributed by atoms with Crippen molar-refractivity contribution in [1.82, 2.24) is 18.6 Å². The smallest absolute Gasteiger partial charge is 0.394 e. The molecule has 318 valence electrons. The maximum atomic E-state index is 14.1. The highest BCUT2D eigenvalue weighted by molar-refractivity contribution is 7.90. The van der Waals surface area contributed by atoms with Gasteiger partial charge in [0.2, 0.25) is 20.0 Å². The van der Waals surface area contributed by atoms with Gasteiger partial charge in [0.05, 0.1) is 35.4 Å². The minimum atomic E-state index is -5.12. The van der Waals surface area contributed by atoms with Gasteiger partial charge in [-0.25, -0.2) is 25.6 Å². The molecular formula is C38H36F5N7O8S2. The molecule has 0 fully saturated rings. The number of carbonyl (C=O) groups excluding carboxylic acids is 2. The van der Waals surface area contributed by atoms with E-state index >= 15 is 0 Å². The van der Waals surface area contributed by atoms with Crippen molar-refractivity contribution in [2.24, 2.45) is 7.05 Å². The molecule has 0 aliphatic carbocycles. The van der Waals surface area contributed by atoms with Crippen molar-refractivity contribution >= 4 is 43.2 Å². The summed E-state index contributed by atoms with van der Waals surface area (Å²) in [5.41, 5.74) is -6.12. The topological polar surface area (TPSA) is 225 Å². The van der Waals surface area contributed by atoms with Gasteiger partial charge in [0.1, 0.15) is 38.9 Å². The summed E-state index contributed by atoms with van der Waals surface area (Å²) in [6.45, 7) is 1.71. The summed E-state index contributed by atoms with van der Waals surface area (Å²) >= 11 is 0. The van der Waals surface area contributed by atoms with E-state index in [1.54, 1.807) is 6.07 Å². The molecule has 2 aliphatic rings. The molecule has 15 nitrogen and oxygen atoms in total. The summed E-state index contributed by atoms with van der Waals surface area (Å²) in [5.74, 6) is -4.28.